The van der Waals surface area contributed by atoms with Crippen molar-refractivity contribution in [3.8, 4) is 0 Å². The third-order valence-electron chi connectivity index (χ3n) is 4.50. The first-order valence-electron chi connectivity index (χ1n) is 9.34. The summed E-state index contributed by atoms with van der Waals surface area (Å²) in [6, 6.07) is 0. The van der Waals surface area contributed by atoms with Gasteiger partial charge in [0.2, 0.25) is 5.91 Å². The molecule has 0 bridgehead atoms. The fourth-order valence-corrected chi connectivity index (χ4v) is 6.26. The van der Waals surface area contributed by atoms with Crippen molar-refractivity contribution in [2.45, 2.75) is 43.9 Å². The molecule has 0 fully saturated rings. The molecule has 1 unspecified atom stereocenters. The lowest BCUT2D eigenvalue weighted by Gasteiger charge is -2.18. The normalized spacial score (nSPS) is 15.6. The van der Waals surface area contributed by atoms with Crippen molar-refractivity contribution in [1.82, 2.24) is 4.98 Å². The average molecular weight is 454 g/mol. The van der Waals surface area contributed by atoms with Crippen molar-refractivity contribution < 1.29 is 19.1 Å². The number of aromatic nitrogens is 1. The molecule has 7 nitrogen and oxygen atoms in total. The van der Waals surface area contributed by atoms with Crippen LogP contribution in [-0.4, -0.2) is 35.1 Å². The number of thiophene rings is 1. The largest absolute Gasteiger partial charge is 0.466 e. The van der Waals surface area contributed by atoms with Gasteiger partial charge < -0.3 is 15.8 Å². The number of amides is 2. The van der Waals surface area contributed by atoms with Crippen molar-refractivity contribution in [1.29, 1.82) is 0 Å². The summed E-state index contributed by atoms with van der Waals surface area (Å²) in [6.07, 6.45) is 2.87. The van der Waals surface area contributed by atoms with Gasteiger partial charge in [-0.1, -0.05) is 18.7 Å². The van der Waals surface area contributed by atoms with Gasteiger partial charge in [-0.2, -0.15) is 0 Å². The summed E-state index contributed by atoms with van der Waals surface area (Å²) in [5.41, 5.74) is 7.67. The van der Waals surface area contributed by atoms with Crippen molar-refractivity contribution in [2.75, 3.05) is 17.7 Å². The van der Waals surface area contributed by atoms with E-state index < -0.39 is 5.91 Å². The van der Waals surface area contributed by atoms with Crippen LogP contribution in [-0.2, 0) is 33.6 Å². The number of carbonyl (C=O) groups excluding carboxylic acids is 3. The van der Waals surface area contributed by atoms with E-state index in [1.54, 1.807) is 12.3 Å². The zero-order chi connectivity index (χ0) is 21.0. The van der Waals surface area contributed by atoms with E-state index in [9.17, 15) is 14.4 Å². The molecule has 2 aromatic rings. The number of nitrogens with one attached hydrogen (secondary N) is 1. The molecule has 156 valence electrons. The highest BCUT2D eigenvalue weighted by atomic mass is 32.2. The van der Waals surface area contributed by atoms with Gasteiger partial charge in [0.1, 0.15) is 5.00 Å². The SMILES string of the molecule is CCOC(=O)Cc1csc(SCC(=O)Nc2sc3c(c2C(N)=O)CCC(C)C3)n1. The second kappa shape index (κ2) is 9.73. The number of ether oxygens (including phenoxy) is 1. The zero-order valence-corrected chi connectivity index (χ0v) is 18.7. The van der Waals surface area contributed by atoms with Crippen molar-refractivity contribution >= 4 is 57.2 Å². The quantitative estimate of drug-likeness (QED) is 0.469. The third kappa shape index (κ3) is 5.58. The maximum atomic E-state index is 12.4. The lowest BCUT2D eigenvalue weighted by Crippen LogP contribution is -2.20. The average Bonchev–Trinajstić information content (AvgIpc) is 3.23. The van der Waals surface area contributed by atoms with Crippen LogP contribution in [0.1, 0.15) is 46.8 Å². The van der Waals surface area contributed by atoms with Crippen LogP contribution in [0.15, 0.2) is 9.72 Å². The second-order valence-electron chi connectivity index (χ2n) is 6.84. The van der Waals surface area contributed by atoms with Crippen LogP contribution in [0, 0.1) is 5.92 Å². The van der Waals surface area contributed by atoms with E-state index >= 15 is 0 Å². The topological polar surface area (TPSA) is 111 Å². The lowest BCUT2D eigenvalue weighted by molar-refractivity contribution is -0.142. The van der Waals surface area contributed by atoms with Gasteiger partial charge in [-0.25, -0.2) is 4.98 Å². The molecule has 2 aromatic heterocycles. The number of nitrogens with two attached hydrogens (primary N) is 1. The van der Waals surface area contributed by atoms with Crippen LogP contribution in [0.3, 0.4) is 0 Å². The third-order valence-corrected chi connectivity index (χ3v) is 7.74. The first-order chi connectivity index (χ1) is 13.9. The molecule has 1 aliphatic rings. The molecule has 2 heterocycles. The van der Waals surface area contributed by atoms with Crippen molar-refractivity contribution in [2.24, 2.45) is 11.7 Å². The molecule has 0 spiro atoms. The van der Waals surface area contributed by atoms with Gasteiger partial charge in [-0.3, -0.25) is 14.4 Å². The van der Waals surface area contributed by atoms with Crippen LogP contribution in [0.4, 0.5) is 5.00 Å². The summed E-state index contributed by atoms with van der Waals surface area (Å²) in [5, 5.41) is 5.18. The number of nitrogens with zero attached hydrogens (tertiary/aromatic N) is 1. The van der Waals surface area contributed by atoms with E-state index in [4.69, 9.17) is 10.5 Å². The Labute approximate surface area is 181 Å². The molecule has 0 aromatic carbocycles. The highest BCUT2D eigenvalue weighted by Gasteiger charge is 2.27. The van der Waals surface area contributed by atoms with E-state index in [1.807, 2.05) is 0 Å². The second-order valence-corrected chi connectivity index (χ2v) is 10.0. The predicted octanol–water partition coefficient (Wildman–Crippen LogP) is 3.26. The molecule has 3 rings (SSSR count). The minimum absolute atomic E-state index is 0.123. The molecule has 2 amide bonds. The molecule has 10 heteroatoms. The standard InChI is InChI=1S/C19H23N3O4S3/c1-3-26-15(24)7-11-8-27-19(21-11)28-9-14(23)22-18-16(17(20)25)12-5-4-10(2)6-13(12)29-18/h8,10H,3-7,9H2,1-2H3,(H2,20,25)(H,22,23). The summed E-state index contributed by atoms with van der Waals surface area (Å²) in [7, 11) is 0. The summed E-state index contributed by atoms with van der Waals surface area (Å²) in [6.45, 7) is 4.28. The Balaban J connectivity index is 1.60. The Morgan fingerprint density at radius 1 is 1.41 bits per heavy atom. The molecule has 0 saturated carbocycles. The van der Waals surface area contributed by atoms with Gasteiger partial charge in [0.25, 0.3) is 5.91 Å². The van der Waals surface area contributed by atoms with Crippen LogP contribution in [0.2, 0.25) is 0 Å². The summed E-state index contributed by atoms with van der Waals surface area (Å²) in [4.78, 5) is 41.4. The Hall–Kier alpha value is -1.91. The first kappa shape index (κ1) is 21.8. The van der Waals surface area contributed by atoms with Crippen LogP contribution in [0.25, 0.3) is 0 Å². The predicted molar refractivity (Wildman–Crippen MR) is 116 cm³/mol. The Kier molecular flexibility index (Phi) is 7.31. The fraction of sp³-hybridized carbons (Fsp3) is 0.474. The Morgan fingerprint density at radius 2 is 2.21 bits per heavy atom. The maximum absolute atomic E-state index is 12.4. The van der Waals surface area contributed by atoms with Crippen LogP contribution in [0.5, 0.6) is 0 Å². The fourth-order valence-electron chi connectivity index (χ4n) is 3.19. The number of thioether (sulfide) groups is 1. The van der Waals surface area contributed by atoms with E-state index in [1.165, 1.54) is 34.4 Å². The molecule has 1 aliphatic carbocycles. The van der Waals surface area contributed by atoms with E-state index in [0.29, 0.717) is 33.1 Å². The molecule has 1 atom stereocenters. The van der Waals surface area contributed by atoms with Crippen LogP contribution >= 0.6 is 34.4 Å². The number of carbonyl (C=O) groups is 3. The molecule has 3 N–H and O–H groups in total. The molecule has 29 heavy (non-hydrogen) atoms. The lowest BCUT2D eigenvalue weighted by atomic mass is 9.88. The minimum atomic E-state index is -0.497. The van der Waals surface area contributed by atoms with Gasteiger partial charge >= 0.3 is 5.97 Å². The minimum Gasteiger partial charge on any atom is -0.466 e. The highest BCUT2D eigenvalue weighted by molar-refractivity contribution is 8.01. The number of anilines is 1. The van der Waals surface area contributed by atoms with Gasteiger partial charge in [0.05, 0.1) is 30.0 Å². The van der Waals surface area contributed by atoms with E-state index in [0.717, 1.165) is 29.7 Å². The molecular weight excluding hydrogens is 430 g/mol. The first-order valence-corrected chi connectivity index (χ1v) is 12.0. The molecule has 0 aliphatic heterocycles. The smallest absolute Gasteiger partial charge is 0.311 e. The summed E-state index contributed by atoms with van der Waals surface area (Å²) < 4.78 is 5.61. The van der Waals surface area contributed by atoms with Gasteiger partial charge in [-0.15, -0.1) is 22.7 Å². The van der Waals surface area contributed by atoms with Gasteiger partial charge in [0.15, 0.2) is 4.34 Å². The molecule has 0 saturated heterocycles. The number of primary amides is 1. The maximum Gasteiger partial charge on any atom is 0.311 e. The number of esters is 1. The van der Waals surface area contributed by atoms with Crippen molar-refractivity contribution in [3.05, 3.63) is 27.1 Å². The number of thiazole rings is 1. The number of hydrogen-bond donors (Lipinski definition) is 2. The Bertz CT molecular complexity index is 922. The molecular formula is C19H23N3O4S3. The number of fused-ring (bicyclic) bond motifs is 1. The van der Waals surface area contributed by atoms with Gasteiger partial charge in [0, 0.05) is 10.3 Å². The Morgan fingerprint density at radius 3 is 2.93 bits per heavy atom. The van der Waals surface area contributed by atoms with E-state index in [2.05, 4.69) is 17.2 Å². The van der Waals surface area contributed by atoms with Crippen LogP contribution < -0.4 is 11.1 Å². The summed E-state index contributed by atoms with van der Waals surface area (Å²) in [5.74, 6) is -0.310. The number of rotatable bonds is 8. The highest BCUT2D eigenvalue weighted by Crippen LogP contribution is 2.39. The monoisotopic (exact) mass is 453 g/mol. The van der Waals surface area contributed by atoms with E-state index in [-0.39, 0.29) is 24.1 Å². The molecule has 0 radical (unpaired) electrons. The van der Waals surface area contributed by atoms with Gasteiger partial charge in [-0.05, 0) is 37.7 Å². The summed E-state index contributed by atoms with van der Waals surface area (Å²) >= 11 is 4.12. The van der Waals surface area contributed by atoms with Crippen molar-refractivity contribution in [3.63, 3.8) is 0 Å². The zero-order valence-electron chi connectivity index (χ0n) is 16.3. The number of hydrogen-bond acceptors (Lipinski definition) is 8.